The monoisotopic (exact) mass is 258 g/mol. The van der Waals surface area contributed by atoms with Crippen LogP contribution in [0.1, 0.15) is 0 Å². The molecule has 0 unspecified atom stereocenters. The number of nitrogens with zero attached hydrogens (tertiary/aromatic N) is 2. The van der Waals surface area contributed by atoms with E-state index in [-0.39, 0.29) is 5.56 Å². The maximum Gasteiger partial charge on any atom is 0.215 e. The van der Waals surface area contributed by atoms with Gasteiger partial charge < -0.3 is 15.5 Å². The number of nitrogens with one attached hydrogen (secondary N) is 1. The number of aromatic nitrogens is 3. The van der Waals surface area contributed by atoms with Gasteiger partial charge in [-0.25, -0.2) is 9.37 Å². The van der Waals surface area contributed by atoms with Crippen LogP contribution >= 0.6 is 0 Å². The van der Waals surface area contributed by atoms with E-state index in [0.29, 0.717) is 28.6 Å². The fourth-order valence-corrected chi connectivity index (χ4v) is 1.90. The van der Waals surface area contributed by atoms with Crippen LogP contribution in [0.15, 0.2) is 30.3 Å². The second-order valence-corrected chi connectivity index (χ2v) is 4.01. The van der Waals surface area contributed by atoms with Gasteiger partial charge in [-0.2, -0.15) is 4.98 Å². The summed E-state index contributed by atoms with van der Waals surface area (Å²) in [5.41, 5.74) is 7.51. The molecule has 0 bridgehead atoms. The summed E-state index contributed by atoms with van der Waals surface area (Å²) in [5.74, 6) is 0.379. The van der Waals surface area contributed by atoms with Gasteiger partial charge in [-0.1, -0.05) is 6.07 Å². The average molecular weight is 258 g/mol. The normalized spacial score (nSPS) is 10.8. The summed E-state index contributed by atoms with van der Waals surface area (Å²) in [4.78, 5) is 11.4. The van der Waals surface area contributed by atoms with Gasteiger partial charge in [-0.15, -0.1) is 0 Å². The van der Waals surface area contributed by atoms with E-state index in [1.165, 1.54) is 13.2 Å². The van der Waals surface area contributed by atoms with Crippen LogP contribution in [0, 0.1) is 5.82 Å². The third-order valence-electron chi connectivity index (χ3n) is 2.81. The fraction of sp³-hybridized carbons (Fsp3) is 0.0769. The lowest BCUT2D eigenvalue weighted by Crippen LogP contribution is -1.94. The van der Waals surface area contributed by atoms with Crippen LogP contribution in [0.25, 0.3) is 22.6 Å². The molecule has 0 saturated carbocycles. The van der Waals surface area contributed by atoms with E-state index < -0.39 is 5.82 Å². The lowest BCUT2D eigenvalue weighted by molar-refractivity contribution is 0.399. The molecule has 0 aliphatic rings. The Morgan fingerprint density at radius 1 is 1.21 bits per heavy atom. The van der Waals surface area contributed by atoms with E-state index in [4.69, 9.17) is 10.5 Å². The molecule has 3 aromatic rings. The summed E-state index contributed by atoms with van der Waals surface area (Å²) >= 11 is 0. The molecule has 0 amide bonds. The van der Waals surface area contributed by atoms with E-state index in [2.05, 4.69) is 15.0 Å². The van der Waals surface area contributed by atoms with Crippen molar-refractivity contribution in [2.24, 2.45) is 0 Å². The number of anilines is 1. The van der Waals surface area contributed by atoms with Gasteiger partial charge in [-0.05, 0) is 18.2 Å². The lowest BCUT2D eigenvalue weighted by atomic mass is 10.1. The molecule has 1 aromatic carbocycles. The van der Waals surface area contributed by atoms with Crippen LogP contribution in [-0.2, 0) is 0 Å². The second kappa shape index (κ2) is 4.24. The molecule has 5 nitrogen and oxygen atoms in total. The molecule has 0 aliphatic heterocycles. The van der Waals surface area contributed by atoms with Crippen molar-refractivity contribution >= 4 is 16.9 Å². The van der Waals surface area contributed by atoms with Crippen molar-refractivity contribution < 1.29 is 9.13 Å². The minimum atomic E-state index is -0.425. The Balaban J connectivity index is 2.21. The summed E-state index contributed by atoms with van der Waals surface area (Å²) in [6, 6.07) is 7.99. The number of fused-ring (bicyclic) bond motifs is 1. The number of halogens is 1. The number of hydrogen-bond donors (Lipinski definition) is 2. The fourth-order valence-electron chi connectivity index (χ4n) is 1.90. The van der Waals surface area contributed by atoms with Gasteiger partial charge in [0.05, 0.1) is 18.2 Å². The van der Waals surface area contributed by atoms with Crippen molar-refractivity contribution in [3.63, 3.8) is 0 Å². The smallest absolute Gasteiger partial charge is 0.215 e. The Kier molecular flexibility index (Phi) is 2.56. The Hall–Kier alpha value is -2.63. The van der Waals surface area contributed by atoms with Gasteiger partial charge >= 0.3 is 0 Å². The summed E-state index contributed by atoms with van der Waals surface area (Å²) in [5, 5.41) is 0. The highest BCUT2D eigenvalue weighted by molar-refractivity contribution is 5.80. The van der Waals surface area contributed by atoms with Crippen molar-refractivity contribution in [3.8, 4) is 17.3 Å². The van der Waals surface area contributed by atoms with Crippen molar-refractivity contribution in [3.05, 3.63) is 36.1 Å². The summed E-state index contributed by atoms with van der Waals surface area (Å²) in [6.45, 7) is 0. The zero-order valence-corrected chi connectivity index (χ0v) is 10.1. The quantitative estimate of drug-likeness (QED) is 0.692. The summed E-state index contributed by atoms with van der Waals surface area (Å²) in [7, 11) is 1.52. The minimum absolute atomic E-state index is 0.250. The molecule has 19 heavy (non-hydrogen) atoms. The molecule has 0 atom stereocenters. The van der Waals surface area contributed by atoms with Crippen LogP contribution in [0.2, 0.25) is 0 Å². The number of H-pyrrole nitrogens is 1. The van der Waals surface area contributed by atoms with Crippen LogP contribution in [-0.4, -0.2) is 22.1 Å². The number of hydrogen-bond acceptors (Lipinski definition) is 4. The minimum Gasteiger partial charge on any atom is -0.481 e. The van der Waals surface area contributed by atoms with Gasteiger partial charge in [-0.3, -0.25) is 0 Å². The molecule has 3 N–H and O–H groups in total. The number of methoxy groups -OCH3 is 1. The van der Waals surface area contributed by atoms with E-state index >= 15 is 0 Å². The van der Waals surface area contributed by atoms with Crippen LogP contribution < -0.4 is 10.5 Å². The first-order valence-corrected chi connectivity index (χ1v) is 5.64. The molecule has 0 fully saturated rings. The van der Waals surface area contributed by atoms with Crippen LogP contribution in [0.4, 0.5) is 10.1 Å². The number of aromatic amines is 1. The Morgan fingerprint density at radius 3 is 2.79 bits per heavy atom. The Morgan fingerprint density at radius 2 is 2.05 bits per heavy atom. The molecular formula is C13H11FN4O. The first-order chi connectivity index (χ1) is 9.19. The van der Waals surface area contributed by atoms with Crippen molar-refractivity contribution in [2.75, 3.05) is 12.8 Å². The first-order valence-electron chi connectivity index (χ1n) is 5.64. The average Bonchev–Trinajstić information content (AvgIpc) is 2.80. The zero-order valence-electron chi connectivity index (χ0n) is 10.1. The summed E-state index contributed by atoms with van der Waals surface area (Å²) < 4.78 is 18.8. The van der Waals surface area contributed by atoms with E-state index in [0.717, 1.165) is 0 Å². The van der Waals surface area contributed by atoms with Gasteiger partial charge in [0.2, 0.25) is 5.88 Å². The van der Waals surface area contributed by atoms with Crippen molar-refractivity contribution in [1.29, 1.82) is 0 Å². The van der Waals surface area contributed by atoms with Crippen molar-refractivity contribution in [1.82, 2.24) is 15.0 Å². The molecule has 2 aromatic heterocycles. The molecule has 96 valence electrons. The number of imidazole rings is 1. The SMILES string of the molecule is COc1ccc2[nH]c(-c3c(N)cccc3F)nc2n1. The maximum atomic E-state index is 13.8. The highest BCUT2D eigenvalue weighted by atomic mass is 19.1. The Bertz CT molecular complexity index is 733. The predicted molar refractivity (Wildman–Crippen MR) is 70.2 cm³/mol. The molecule has 6 heteroatoms. The molecular weight excluding hydrogens is 247 g/mol. The first kappa shape index (κ1) is 11.5. The zero-order chi connectivity index (χ0) is 13.4. The van der Waals surface area contributed by atoms with Gasteiger partial charge in [0.15, 0.2) is 5.65 Å². The van der Waals surface area contributed by atoms with E-state index in [1.807, 2.05) is 0 Å². The third-order valence-corrected chi connectivity index (χ3v) is 2.81. The molecule has 3 rings (SSSR count). The number of nitrogen functional groups attached to an aromatic ring is 1. The largest absolute Gasteiger partial charge is 0.481 e. The van der Waals surface area contributed by atoms with E-state index in [1.54, 1.807) is 24.3 Å². The number of rotatable bonds is 2. The molecule has 0 spiro atoms. The van der Waals surface area contributed by atoms with Crippen LogP contribution in [0.3, 0.4) is 0 Å². The number of benzene rings is 1. The topological polar surface area (TPSA) is 76.8 Å². The highest BCUT2D eigenvalue weighted by Crippen LogP contribution is 2.28. The Labute approximate surface area is 108 Å². The third kappa shape index (κ3) is 1.87. The standard InChI is InChI=1S/C13H11FN4O/c1-19-10-6-5-9-12(17-10)18-13(16-9)11-7(14)3-2-4-8(11)15/h2-6H,15H2,1H3,(H,16,17,18). The predicted octanol–water partition coefficient (Wildman–Crippen LogP) is 2.35. The number of ether oxygens (including phenoxy) is 1. The molecule has 0 aliphatic carbocycles. The number of pyridine rings is 1. The lowest BCUT2D eigenvalue weighted by Gasteiger charge is -2.02. The second-order valence-electron chi connectivity index (χ2n) is 4.01. The molecule has 0 radical (unpaired) electrons. The van der Waals surface area contributed by atoms with Gasteiger partial charge in [0.25, 0.3) is 0 Å². The summed E-state index contributed by atoms with van der Waals surface area (Å²) in [6.07, 6.45) is 0. The van der Waals surface area contributed by atoms with E-state index in [9.17, 15) is 4.39 Å². The highest BCUT2D eigenvalue weighted by Gasteiger charge is 2.14. The van der Waals surface area contributed by atoms with Gasteiger partial charge in [0.1, 0.15) is 11.6 Å². The molecule has 0 saturated heterocycles. The van der Waals surface area contributed by atoms with Gasteiger partial charge in [0, 0.05) is 11.8 Å². The maximum absolute atomic E-state index is 13.8. The van der Waals surface area contributed by atoms with Crippen LogP contribution in [0.5, 0.6) is 5.88 Å². The number of nitrogens with two attached hydrogens (primary N) is 1. The van der Waals surface area contributed by atoms with Crippen molar-refractivity contribution in [2.45, 2.75) is 0 Å². The molecule has 2 heterocycles.